The van der Waals surface area contributed by atoms with E-state index in [9.17, 15) is 21.9 Å². The summed E-state index contributed by atoms with van der Waals surface area (Å²) in [5.74, 6) is 0.232. The van der Waals surface area contributed by atoms with Crippen molar-refractivity contribution in [3.05, 3.63) is 24.3 Å². The first-order valence-electron chi connectivity index (χ1n) is 6.33. The zero-order valence-corrected chi connectivity index (χ0v) is 13.5. The predicted octanol–water partition coefficient (Wildman–Crippen LogP) is 0.0193. The summed E-state index contributed by atoms with van der Waals surface area (Å²) >= 11 is 0. The fourth-order valence-electron chi connectivity index (χ4n) is 1.74. The Morgan fingerprint density at radius 1 is 1.19 bits per heavy atom. The largest absolute Gasteiger partial charge is 0.392 e. The number of sulfonamides is 2. The molecule has 0 saturated carbocycles. The van der Waals surface area contributed by atoms with Crippen LogP contribution >= 0.6 is 0 Å². The second-order valence-electron chi connectivity index (χ2n) is 5.16. The molecule has 1 aromatic carbocycles. The van der Waals surface area contributed by atoms with E-state index in [1.54, 1.807) is 0 Å². The summed E-state index contributed by atoms with van der Waals surface area (Å²) in [7, 11) is -7.88. The normalized spacial score (nSPS) is 14.3. The van der Waals surface area contributed by atoms with Gasteiger partial charge in [-0.05, 0) is 30.5 Å². The highest BCUT2D eigenvalue weighted by Gasteiger charge is 2.18. The number of benzene rings is 1. The van der Waals surface area contributed by atoms with E-state index in [1.165, 1.54) is 18.2 Å². The monoisotopic (exact) mass is 336 g/mol. The molecule has 0 bridgehead atoms. The Hall–Kier alpha value is -1.00. The molecule has 9 heteroatoms. The van der Waals surface area contributed by atoms with Crippen molar-refractivity contribution in [1.82, 2.24) is 4.72 Å². The molecule has 0 heterocycles. The Labute approximate surface area is 125 Å². The van der Waals surface area contributed by atoms with Crippen molar-refractivity contribution in [3.63, 3.8) is 0 Å². The molecule has 1 aromatic rings. The molecule has 1 rings (SSSR count). The third-order valence-electron chi connectivity index (χ3n) is 2.70. The molecule has 4 N–H and O–H groups in total. The standard InChI is InChI=1S/C12H20N2O5S2/c1-9(2)6-10(15)8-14-21(18,19)12-5-3-4-11(7-12)20(13,16)17/h3-5,7,9-10,14-15H,6,8H2,1-2H3,(H2,13,16,17). The van der Waals surface area contributed by atoms with Crippen LogP contribution in [0.1, 0.15) is 20.3 Å². The minimum atomic E-state index is -3.97. The Morgan fingerprint density at radius 2 is 1.76 bits per heavy atom. The first-order chi connectivity index (χ1) is 9.52. The highest BCUT2D eigenvalue weighted by atomic mass is 32.2. The lowest BCUT2D eigenvalue weighted by atomic mass is 10.1. The van der Waals surface area contributed by atoms with E-state index in [0.29, 0.717) is 6.42 Å². The molecule has 7 nitrogen and oxygen atoms in total. The van der Waals surface area contributed by atoms with Crippen LogP contribution in [-0.4, -0.2) is 34.6 Å². The molecule has 0 radical (unpaired) electrons. The van der Waals surface area contributed by atoms with Crippen molar-refractivity contribution in [2.45, 2.75) is 36.2 Å². The maximum atomic E-state index is 12.0. The molecule has 0 aliphatic heterocycles. The van der Waals surface area contributed by atoms with Crippen LogP contribution < -0.4 is 9.86 Å². The molecular weight excluding hydrogens is 316 g/mol. The molecule has 0 aromatic heterocycles. The topological polar surface area (TPSA) is 127 Å². The van der Waals surface area contributed by atoms with E-state index < -0.39 is 26.2 Å². The Morgan fingerprint density at radius 3 is 2.29 bits per heavy atom. The van der Waals surface area contributed by atoms with Crippen LogP contribution in [0.5, 0.6) is 0 Å². The molecule has 1 atom stereocenters. The summed E-state index contributed by atoms with van der Waals surface area (Å²) in [5, 5.41) is 14.6. The summed E-state index contributed by atoms with van der Waals surface area (Å²) in [4.78, 5) is -0.501. The third kappa shape index (κ3) is 5.71. The second-order valence-corrected chi connectivity index (χ2v) is 8.48. The molecular formula is C12H20N2O5S2. The third-order valence-corrected chi connectivity index (χ3v) is 5.03. The van der Waals surface area contributed by atoms with Crippen LogP contribution in [0, 0.1) is 5.92 Å². The minimum absolute atomic E-state index is 0.139. The van der Waals surface area contributed by atoms with Crippen molar-refractivity contribution in [2.24, 2.45) is 11.1 Å². The fraction of sp³-hybridized carbons (Fsp3) is 0.500. The van der Waals surface area contributed by atoms with E-state index >= 15 is 0 Å². The first-order valence-corrected chi connectivity index (χ1v) is 9.36. The number of aliphatic hydroxyl groups is 1. The van der Waals surface area contributed by atoms with Gasteiger partial charge < -0.3 is 5.11 Å². The molecule has 0 saturated heterocycles. The number of hydrogen-bond donors (Lipinski definition) is 3. The Kier molecular flexibility index (Phi) is 5.88. The summed E-state index contributed by atoms with van der Waals surface area (Å²) in [6.07, 6.45) is -0.346. The molecule has 0 fully saturated rings. The minimum Gasteiger partial charge on any atom is -0.392 e. The van der Waals surface area contributed by atoms with Gasteiger partial charge in [-0.25, -0.2) is 26.7 Å². The van der Waals surface area contributed by atoms with Crippen LogP contribution in [0.2, 0.25) is 0 Å². The molecule has 21 heavy (non-hydrogen) atoms. The van der Waals surface area contributed by atoms with Gasteiger partial charge in [-0.15, -0.1) is 0 Å². The SMILES string of the molecule is CC(C)CC(O)CNS(=O)(=O)c1cccc(S(N)(=O)=O)c1. The van der Waals surface area contributed by atoms with Crippen LogP contribution in [0.15, 0.2) is 34.1 Å². The summed E-state index contributed by atoms with van der Waals surface area (Å²) in [5.41, 5.74) is 0. The molecule has 120 valence electrons. The van der Waals surface area contributed by atoms with Gasteiger partial charge in [0.25, 0.3) is 0 Å². The van der Waals surface area contributed by atoms with Gasteiger partial charge in [-0.2, -0.15) is 0 Å². The van der Waals surface area contributed by atoms with Crippen molar-refractivity contribution in [3.8, 4) is 0 Å². The highest BCUT2D eigenvalue weighted by Crippen LogP contribution is 2.14. The van der Waals surface area contributed by atoms with Gasteiger partial charge in [-0.1, -0.05) is 19.9 Å². The number of primary sulfonamides is 1. The van der Waals surface area contributed by atoms with Crippen LogP contribution in [0.3, 0.4) is 0 Å². The van der Waals surface area contributed by atoms with Gasteiger partial charge in [0, 0.05) is 6.54 Å². The smallest absolute Gasteiger partial charge is 0.240 e. The average Bonchev–Trinajstić information content (AvgIpc) is 2.35. The van der Waals surface area contributed by atoms with Gasteiger partial charge in [0.1, 0.15) is 0 Å². The summed E-state index contributed by atoms with van der Waals surface area (Å²) < 4.78 is 48.8. The number of nitrogens with one attached hydrogen (secondary N) is 1. The molecule has 1 unspecified atom stereocenters. The predicted molar refractivity (Wildman–Crippen MR) is 78.5 cm³/mol. The van der Waals surface area contributed by atoms with Gasteiger partial charge >= 0.3 is 0 Å². The van der Waals surface area contributed by atoms with E-state index in [0.717, 1.165) is 6.07 Å². The van der Waals surface area contributed by atoms with Gasteiger partial charge in [0.05, 0.1) is 15.9 Å². The van der Waals surface area contributed by atoms with Crippen molar-refractivity contribution < 1.29 is 21.9 Å². The second kappa shape index (κ2) is 6.84. The zero-order valence-electron chi connectivity index (χ0n) is 11.9. The highest BCUT2D eigenvalue weighted by molar-refractivity contribution is 7.90. The molecule has 0 aliphatic carbocycles. The molecule has 0 aliphatic rings. The van der Waals surface area contributed by atoms with Crippen molar-refractivity contribution in [1.29, 1.82) is 0 Å². The summed E-state index contributed by atoms with van der Waals surface area (Å²) in [6.45, 7) is 3.68. The molecule has 0 spiro atoms. The van der Waals surface area contributed by atoms with Gasteiger partial charge in [-0.3, -0.25) is 0 Å². The fourth-order valence-corrected chi connectivity index (χ4v) is 3.49. The lowest BCUT2D eigenvalue weighted by molar-refractivity contribution is 0.152. The number of nitrogens with two attached hydrogens (primary N) is 1. The number of hydrogen-bond acceptors (Lipinski definition) is 5. The van der Waals surface area contributed by atoms with Gasteiger partial charge in [0.2, 0.25) is 20.0 Å². The van der Waals surface area contributed by atoms with Crippen LogP contribution in [0.4, 0.5) is 0 Å². The quantitative estimate of drug-likeness (QED) is 0.647. The van der Waals surface area contributed by atoms with E-state index in [1.807, 2.05) is 13.8 Å². The van der Waals surface area contributed by atoms with E-state index in [-0.39, 0.29) is 22.3 Å². The number of aliphatic hydroxyl groups excluding tert-OH is 1. The number of rotatable bonds is 7. The summed E-state index contributed by atoms with van der Waals surface area (Å²) in [6, 6.07) is 4.74. The maximum absolute atomic E-state index is 12.0. The lowest BCUT2D eigenvalue weighted by Gasteiger charge is -2.14. The van der Waals surface area contributed by atoms with E-state index in [4.69, 9.17) is 5.14 Å². The first kappa shape index (κ1) is 18.1. The average molecular weight is 336 g/mol. The van der Waals surface area contributed by atoms with Crippen molar-refractivity contribution >= 4 is 20.0 Å². The van der Waals surface area contributed by atoms with Crippen LogP contribution in [0.25, 0.3) is 0 Å². The lowest BCUT2D eigenvalue weighted by Crippen LogP contribution is -2.33. The van der Waals surface area contributed by atoms with Crippen LogP contribution in [-0.2, 0) is 20.0 Å². The van der Waals surface area contributed by atoms with E-state index in [2.05, 4.69) is 4.72 Å². The zero-order chi connectivity index (χ0) is 16.3. The van der Waals surface area contributed by atoms with Gasteiger partial charge in [0.15, 0.2) is 0 Å². The Bertz CT molecular complexity index is 683. The van der Waals surface area contributed by atoms with Crippen molar-refractivity contribution in [2.75, 3.05) is 6.54 Å². The molecule has 0 amide bonds. The Balaban J connectivity index is 2.89. The maximum Gasteiger partial charge on any atom is 0.240 e.